The number of hydrogen-bond acceptors (Lipinski definition) is 3. The summed E-state index contributed by atoms with van der Waals surface area (Å²) in [5.41, 5.74) is 2.11. The Bertz CT molecular complexity index is 532. The summed E-state index contributed by atoms with van der Waals surface area (Å²) in [6, 6.07) is 6.45. The summed E-state index contributed by atoms with van der Waals surface area (Å²) in [5, 5.41) is 0. The largest absolute Gasteiger partial charge is 0.444 e. The van der Waals surface area contributed by atoms with Crippen LogP contribution < -0.4 is 0 Å². The molecule has 0 aliphatic carbocycles. The molecule has 1 saturated heterocycles. The molecule has 0 aromatic heterocycles. The molecule has 0 spiro atoms. The molecule has 1 fully saturated rings. The summed E-state index contributed by atoms with van der Waals surface area (Å²) in [7, 11) is 0. The number of benzene rings is 1. The van der Waals surface area contributed by atoms with E-state index < -0.39 is 5.60 Å². The van der Waals surface area contributed by atoms with Crippen LogP contribution in [0, 0.1) is 6.92 Å². The van der Waals surface area contributed by atoms with Crippen LogP contribution in [0.5, 0.6) is 0 Å². The number of halogens is 1. The Labute approximate surface area is 141 Å². The van der Waals surface area contributed by atoms with Crippen molar-refractivity contribution in [2.75, 3.05) is 26.2 Å². The fraction of sp³-hybridized carbons (Fsp3) is 0.588. The Hall–Kier alpha value is -1.07. The van der Waals surface area contributed by atoms with Crippen molar-refractivity contribution in [3.63, 3.8) is 0 Å². The normalized spacial score (nSPS) is 16.7. The lowest BCUT2D eigenvalue weighted by Gasteiger charge is -2.35. The summed E-state index contributed by atoms with van der Waals surface area (Å²) >= 11 is 3.63. The van der Waals surface area contributed by atoms with E-state index >= 15 is 0 Å². The van der Waals surface area contributed by atoms with Crippen molar-refractivity contribution in [3.8, 4) is 0 Å². The maximum atomic E-state index is 12.0. The zero-order chi connectivity index (χ0) is 16.3. The Kier molecular flexibility index (Phi) is 5.50. The van der Waals surface area contributed by atoms with Crippen LogP contribution in [0.4, 0.5) is 4.79 Å². The fourth-order valence-electron chi connectivity index (χ4n) is 2.44. The van der Waals surface area contributed by atoms with Crippen LogP contribution >= 0.6 is 15.9 Å². The average Bonchev–Trinajstić information content (AvgIpc) is 2.41. The van der Waals surface area contributed by atoms with Gasteiger partial charge in [0.1, 0.15) is 5.60 Å². The van der Waals surface area contributed by atoms with Crippen LogP contribution in [0.1, 0.15) is 31.9 Å². The Morgan fingerprint density at radius 2 is 1.86 bits per heavy atom. The molecule has 0 bridgehead atoms. The third-order valence-corrected chi connectivity index (χ3v) is 4.36. The van der Waals surface area contributed by atoms with Gasteiger partial charge in [-0.1, -0.05) is 28.1 Å². The lowest BCUT2D eigenvalue weighted by atomic mass is 10.1. The SMILES string of the molecule is Cc1ccc(CN2CCN(C(=O)OC(C)(C)C)CC2)c(Br)c1. The number of carbonyl (C=O) groups excluding carboxylic acids is 1. The molecule has 1 amide bonds. The van der Waals surface area contributed by atoms with Crippen molar-refractivity contribution in [2.45, 2.75) is 39.8 Å². The van der Waals surface area contributed by atoms with Gasteiger partial charge in [0.05, 0.1) is 0 Å². The molecule has 0 saturated carbocycles. The highest BCUT2D eigenvalue weighted by Crippen LogP contribution is 2.21. The van der Waals surface area contributed by atoms with Crippen molar-refractivity contribution in [1.29, 1.82) is 0 Å². The third-order valence-electron chi connectivity index (χ3n) is 3.63. The standard InChI is InChI=1S/C17H25BrN2O2/c1-13-5-6-14(15(18)11-13)12-19-7-9-20(10-8-19)16(21)22-17(2,3)4/h5-6,11H,7-10,12H2,1-4H3. The summed E-state index contributed by atoms with van der Waals surface area (Å²) in [6.07, 6.45) is -0.205. The predicted octanol–water partition coefficient (Wildman–Crippen LogP) is 3.81. The van der Waals surface area contributed by atoms with Gasteiger partial charge < -0.3 is 9.64 Å². The molecule has 122 valence electrons. The highest BCUT2D eigenvalue weighted by atomic mass is 79.9. The summed E-state index contributed by atoms with van der Waals surface area (Å²) in [6.45, 7) is 11.9. The van der Waals surface area contributed by atoms with E-state index in [4.69, 9.17) is 4.74 Å². The topological polar surface area (TPSA) is 32.8 Å². The number of nitrogens with zero attached hydrogens (tertiary/aromatic N) is 2. The fourth-order valence-corrected chi connectivity index (χ4v) is 3.06. The second-order valence-corrected chi connectivity index (χ2v) is 7.69. The van der Waals surface area contributed by atoms with E-state index in [1.54, 1.807) is 4.90 Å². The number of hydrogen-bond donors (Lipinski definition) is 0. The zero-order valence-corrected chi connectivity index (χ0v) is 15.4. The lowest BCUT2D eigenvalue weighted by Crippen LogP contribution is -2.49. The van der Waals surface area contributed by atoms with Crippen molar-refractivity contribution in [2.24, 2.45) is 0 Å². The molecule has 1 aliphatic heterocycles. The van der Waals surface area contributed by atoms with Gasteiger partial charge in [-0.2, -0.15) is 0 Å². The van der Waals surface area contributed by atoms with Crippen molar-refractivity contribution < 1.29 is 9.53 Å². The molecule has 0 atom stereocenters. The molecule has 0 N–H and O–H groups in total. The van der Waals surface area contributed by atoms with Crippen LogP contribution in [0.3, 0.4) is 0 Å². The van der Waals surface area contributed by atoms with E-state index in [1.165, 1.54) is 11.1 Å². The van der Waals surface area contributed by atoms with Crippen LogP contribution in [-0.4, -0.2) is 47.7 Å². The number of amides is 1. The summed E-state index contributed by atoms with van der Waals surface area (Å²) in [4.78, 5) is 16.2. The molecular weight excluding hydrogens is 344 g/mol. The van der Waals surface area contributed by atoms with Crippen molar-refractivity contribution >= 4 is 22.0 Å². The minimum absolute atomic E-state index is 0.205. The number of rotatable bonds is 2. The molecular formula is C17H25BrN2O2. The van der Waals surface area contributed by atoms with Crippen molar-refractivity contribution in [1.82, 2.24) is 9.80 Å². The first kappa shape index (κ1) is 17.3. The zero-order valence-electron chi connectivity index (χ0n) is 13.9. The Balaban J connectivity index is 1.86. The molecule has 1 aliphatic rings. The van der Waals surface area contributed by atoms with E-state index in [-0.39, 0.29) is 6.09 Å². The van der Waals surface area contributed by atoms with Gasteiger partial charge in [0.15, 0.2) is 0 Å². The maximum Gasteiger partial charge on any atom is 0.410 e. The van der Waals surface area contributed by atoms with E-state index in [1.807, 2.05) is 20.8 Å². The van der Waals surface area contributed by atoms with E-state index in [0.29, 0.717) is 0 Å². The molecule has 1 aromatic rings. The molecule has 1 aromatic carbocycles. The second kappa shape index (κ2) is 7.01. The van der Waals surface area contributed by atoms with Gasteiger partial charge in [-0.3, -0.25) is 4.90 Å². The molecule has 5 heteroatoms. The third kappa shape index (κ3) is 4.99. The van der Waals surface area contributed by atoms with Gasteiger partial charge in [0.25, 0.3) is 0 Å². The number of ether oxygens (including phenoxy) is 1. The molecule has 1 heterocycles. The number of piperazine rings is 1. The van der Waals surface area contributed by atoms with Crippen molar-refractivity contribution in [3.05, 3.63) is 33.8 Å². The highest BCUT2D eigenvalue weighted by Gasteiger charge is 2.25. The quantitative estimate of drug-likeness (QED) is 0.795. The number of aryl methyl sites for hydroxylation is 1. The van der Waals surface area contributed by atoms with Crippen LogP contribution in [0.25, 0.3) is 0 Å². The van der Waals surface area contributed by atoms with E-state index in [0.717, 1.165) is 37.2 Å². The molecule has 4 nitrogen and oxygen atoms in total. The Morgan fingerprint density at radius 3 is 2.41 bits per heavy atom. The van der Waals surface area contributed by atoms with Gasteiger partial charge in [-0.15, -0.1) is 0 Å². The van der Waals surface area contributed by atoms with Gasteiger partial charge in [0.2, 0.25) is 0 Å². The van der Waals surface area contributed by atoms with Crippen LogP contribution in [-0.2, 0) is 11.3 Å². The van der Waals surface area contributed by atoms with E-state index in [9.17, 15) is 4.79 Å². The van der Waals surface area contributed by atoms with Gasteiger partial charge in [-0.05, 0) is 44.9 Å². The first-order chi connectivity index (χ1) is 10.2. The highest BCUT2D eigenvalue weighted by molar-refractivity contribution is 9.10. The number of carbonyl (C=O) groups is 1. The average molecular weight is 369 g/mol. The smallest absolute Gasteiger partial charge is 0.410 e. The minimum atomic E-state index is -0.430. The summed E-state index contributed by atoms with van der Waals surface area (Å²) in [5.74, 6) is 0. The second-order valence-electron chi connectivity index (χ2n) is 6.84. The monoisotopic (exact) mass is 368 g/mol. The summed E-state index contributed by atoms with van der Waals surface area (Å²) < 4.78 is 6.58. The molecule has 0 radical (unpaired) electrons. The van der Waals surface area contributed by atoms with Crippen LogP contribution in [0.15, 0.2) is 22.7 Å². The molecule has 2 rings (SSSR count). The Morgan fingerprint density at radius 1 is 1.23 bits per heavy atom. The van der Waals surface area contributed by atoms with Crippen LogP contribution in [0.2, 0.25) is 0 Å². The van der Waals surface area contributed by atoms with Gasteiger partial charge in [0, 0.05) is 37.2 Å². The van der Waals surface area contributed by atoms with Gasteiger partial charge >= 0.3 is 6.09 Å². The first-order valence-electron chi connectivity index (χ1n) is 7.70. The lowest BCUT2D eigenvalue weighted by molar-refractivity contribution is 0.0139. The molecule has 22 heavy (non-hydrogen) atoms. The minimum Gasteiger partial charge on any atom is -0.444 e. The first-order valence-corrected chi connectivity index (χ1v) is 8.49. The van der Waals surface area contributed by atoms with Gasteiger partial charge in [-0.25, -0.2) is 4.79 Å². The molecule has 0 unspecified atom stereocenters. The maximum absolute atomic E-state index is 12.0. The van der Waals surface area contributed by atoms with E-state index in [2.05, 4.69) is 46.0 Å². The predicted molar refractivity (Wildman–Crippen MR) is 92.0 cm³/mol.